The van der Waals surface area contributed by atoms with Gasteiger partial charge in [0, 0.05) is 42.6 Å². The van der Waals surface area contributed by atoms with Gasteiger partial charge in [-0.25, -0.2) is 4.98 Å². The van der Waals surface area contributed by atoms with Crippen molar-refractivity contribution < 1.29 is 23.0 Å². The number of alkyl halides is 3. The standard InChI is InChI=1S/C19H19F3N4O2/c1-2-28-17-14(4-3-5-24-17)25-11-8-12-15-10-23-6-7-26(15)18(27)16(12)13(9-11)19(20,21)22/h3-5,8-9,23,25,27H,2,6-7,10H2,1H3. The van der Waals surface area contributed by atoms with Crippen molar-refractivity contribution in [1.29, 1.82) is 0 Å². The molecule has 0 unspecified atom stereocenters. The molecule has 3 aromatic rings. The molecule has 0 atom stereocenters. The Bertz CT molecular complexity index is 1030. The molecular formula is C19H19F3N4O2. The van der Waals surface area contributed by atoms with E-state index in [1.54, 1.807) is 31.3 Å². The molecule has 4 rings (SSSR count). The molecule has 1 aliphatic heterocycles. The molecule has 2 aromatic heterocycles. The Morgan fingerprint density at radius 2 is 2.18 bits per heavy atom. The highest BCUT2D eigenvalue weighted by Crippen LogP contribution is 2.44. The number of hydrogen-bond acceptors (Lipinski definition) is 5. The number of benzene rings is 1. The monoisotopic (exact) mass is 392 g/mol. The van der Waals surface area contributed by atoms with E-state index in [2.05, 4.69) is 15.6 Å². The van der Waals surface area contributed by atoms with Crippen LogP contribution in [0.3, 0.4) is 0 Å². The summed E-state index contributed by atoms with van der Waals surface area (Å²) in [5.74, 6) is -0.0381. The Kier molecular flexibility index (Phi) is 4.54. The Morgan fingerprint density at radius 3 is 2.93 bits per heavy atom. The maximum atomic E-state index is 13.8. The van der Waals surface area contributed by atoms with E-state index in [-0.39, 0.29) is 17.0 Å². The molecule has 0 aliphatic carbocycles. The lowest BCUT2D eigenvalue weighted by molar-refractivity contribution is -0.136. The Hall–Kier alpha value is -2.94. The first-order valence-electron chi connectivity index (χ1n) is 8.91. The van der Waals surface area contributed by atoms with Crippen LogP contribution in [0.15, 0.2) is 30.5 Å². The summed E-state index contributed by atoms with van der Waals surface area (Å²) in [6.07, 6.45) is -3.07. The number of nitrogens with zero attached hydrogens (tertiary/aromatic N) is 2. The van der Waals surface area contributed by atoms with E-state index in [1.165, 1.54) is 4.57 Å². The van der Waals surface area contributed by atoms with Crippen LogP contribution in [0.1, 0.15) is 18.2 Å². The zero-order chi connectivity index (χ0) is 19.9. The first-order valence-corrected chi connectivity index (χ1v) is 8.91. The summed E-state index contributed by atoms with van der Waals surface area (Å²) in [5.41, 5.74) is 0.456. The number of ether oxygens (including phenoxy) is 1. The van der Waals surface area contributed by atoms with Gasteiger partial charge >= 0.3 is 6.18 Å². The van der Waals surface area contributed by atoms with E-state index in [9.17, 15) is 18.3 Å². The van der Waals surface area contributed by atoms with Gasteiger partial charge in [-0.3, -0.25) is 0 Å². The van der Waals surface area contributed by atoms with Gasteiger partial charge in [-0.05, 0) is 31.2 Å². The van der Waals surface area contributed by atoms with Crippen LogP contribution < -0.4 is 15.4 Å². The van der Waals surface area contributed by atoms with Gasteiger partial charge in [0.15, 0.2) is 5.88 Å². The smallest absolute Gasteiger partial charge is 0.417 e. The SMILES string of the molecule is CCOc1ncccc1Nc1cc(C(F)(F)F)c2c(O)n3c(c2c1)CNCC3. The predicted molar refractivity (Wildman–Crippen MR) is 99.0 cm³/mol. The molecule has 148 valence electrons. The molecule has 0 spiro atoms. The average Bonchev–Trinajstić information content (AvgIpc) is 2.95. The van der Waals surface area contributed by atoms with Gasteiger partial charge < -0.3 is 25.0 Å². The fourth-order valence-corrected chi connectivity index (χ4v) is 3.54. The molecule has 0 fully saturated rings. The van der Waals surface area contributed by atoms with Gasteiger partial charge in [0.25, 0.3) is 0 Å². The highest BCUT2D eigenvalue weighted by Gasteiger charge is 2.36. The van der Waals surface area contributed by atoms with Gasteiger partial charge in [-0.15, -0.1) is 0 Å². The number of fused-ring (bicyclic) bond motifs is 3. The fourth-order valence-electron chi connectivity index (χ4n) is 3.54. The van der Waals surface area contributed by atoms with Gasteiger partial charge in [0.05, 0.1) is 17.6 Å². The van der Waals surface area contributed by atoms with Gasteiger partial charge in [-0.1, -0.05) is 0 Å². The molecule has 1 aliphatic rings. The van der Waals surface area contributed by atoms with Crippen molar-refractivity contribution >= 4 is 22.1 Å². The van der Waals surface area contributed by atoms with E-state index in [1.807, 2.05) is 0 Å². The van der Waals surface area contributed by atoms with E-state index < -0.39 is 11.7 Å². The molecule has 0 saturated carbocycles. The van der Waals surface area contributed by atoms with Crippen LogP contribution in [-0.4, -0.2) is 27.8 Å². The summed E-state index contributed by atoms with van der Waals surface area (Å²) < 4.78 is 48.3. The molecule has 0 bridgehead atoms. The topological polar surface area (TPSA) is 71.3 Å². The molecular weight excluding hydrogens is 373 g/mol. The quantitative estimate of drug-likeness (QED) is 0.626. The summed E-state index contributed by atoms with van der Waals surface area (Å²) in [4.78, 5) is 4.11. The summed E-state index contributed by atoms with van der Waals surface area (Å²) >= 11 is 0. The zero-order valence-electron chi connectivity index (χ0n) is 15.1. The van der Waals surface area contributed by atoms with E-state index >= 15 is 0 Å². The molecule has 0 amide bonds. The van der Waals surface area contributed by atoms with Gasteiger partial charge in [0.2, 0.25) is 5.88 Å². The second-order valence-corrected chi connectivity index (χ2v) is 6.46. The first-order chi connectivity index (χ1) is 13.4. The van der Waals surface area contributed by atoms with Crippen LogP contribution in [0, 0.1) is 0 Å². The first kappa shape index (κ1) is 18.4. The van der Waals surface area contributed by atoms with E-state index in [0.29, 0.717) is 48.9 Å². The van der Waals surface area contributed by atoms with Crippen LogP contribution in [-0.2, 0) is 19.3 Å². The fraction of sp³-hybridized carbons (Fsp3) is 0.316. The predicted octanol–water partition coefficient (Wildman–Crippen LogP) is 4.01. The third kappa shape index (κ3) is 3.11. The third-order valence-corrected chi connectivity index (χ3v) is 4.70. The lowest BCUT2D eigenvalue weighted by Crippen LogP contribution is -2.27. The van der Waals surface area contributed by atoms with Crippen LogP contribution in [0.25, 0.3) is 10.8 Å². The van der Waals surface area contributed by atoms with Crippen molar-refractivity contribution in [2.75, 3.05) is 18.5 Å². The highest BCUT2D eigenvalue weighted by molar-refractivity contribution is 5.97. The van der Waals surface area contributed by atoms with Crippen LogP contribution in [0.5, 0.6) is 11.8 Å². The summed E-state index contributed by atoms with van der Waals surface area (Å²) in [7, 11) is 0. The molecule has 6 nitrogen and oxygen atoms in total. The number of hydrogen-bond donors (Lipinski definition) is 3. The number of aromatic nitrogens is 2. The summed E-state index contributed by atoms with van der Waals surface area (Å²) in [5, 5.41) is 16.8. The molecule has 0 radical (unpaired) electrons. The largest absolute Gasteiger partial charge is 0.494 e. The molecule has 0 saturated heterocycles. The third-order valence-electron chi connectivity index (χ3n) is 4.70. The second-order valence-electron chi connectivity index (χ2n) is 6.46. The minimum absolute atomic E-state index is 0.173. The number of pyridine rings is 1. The van der Waals surface area contributed by atoms with Crippen molar-refractivity contribution in [3.05, 3.63) is 41.7 Å². The van der Waals surface area contributed by atoms with Crippen LogP contribution >= 0.6 is 0 Å². The van der Waals surface area contributed by atoms with Crippen molar-refractivity contribution in [3.63, 3.8) is 0 Å². The minimum atomic E-state index is -4.62. The lowest BCUT2D eigenvalue weighted by Gasteiger charge is -2.17. The van der Waals surface area contributed by atoms with Crippen LogP contribution in [0.4, 0.5) is 24.5 Å². The van der Waals surface area contributed by atoms with E-state index in [0.717, 1.165) is 6.07 Å². The Labute approximate surface area is 158 Å². The number of nitrogens with one attached hydrogen (secondary N) is 2. The summed E-state index contributed by atoms with van der Waals surface area (Å²) in [6, 6.07) is 5.98. The second kappa shape index (κ2) is 6.90. The highest BCUT2D eigenvalue weighted by atomic mass is 19.4. The summed E-state index contributed by atoms with van der Waals surface area (Å²) in [6.45, 7) is 3.56. The van der Waals surface area contributed by atoms with Crippen molar-refractivity contribution in [3.8, 4) is 11.8 Å². The van der Waals surface area contributed by atoms with Crippen molar-refractivity contribution in [2.45, 2.75) is 26.2 Å². The molecule has 3 N–H and O–H groups in total. The van der Waals surface area contributed by atoms with Crippen molar-refractivity contribution in [2.24, 2.45) is 0 Å². The number of aromatic hydroxyl groups is 1. The normalized spacial score (nSPS) is 14.1. The Morgan fingerprint density at radius 1 is 1.36 bits per heavy atom. The van der Waals surface area contributed by atoms with E-state index in [4.69, 9.17) is 4.74 Å². The maximum absolute atomic E-state index is 13.8. The molecule has 9 heteroatoms. The molecule has 1 aromatic carbocycles. The van der Waals surface area contributed by atoms with Crippen molar-refractivity contribution in [1.82, 2.24) is 14.9 Å². The van der Waals surface area contributed by atoms with Crippen LogP contribution in [0.2, 0.25) is 0 Å². The number of halogens is 3. The lowest BCUT2D eigenvalue weighted by atomic mass is 10.0. The van der Waals surface area contributed by atoms with Gasteiger partial charge in [0.1, 0.15) is 5.69 Å². The number of anilines is 2. The maximum Gasteiger partial charge on any atom is 0.417 e. The number of rotatable bonds is 4. The molecule has 28 heavy (non-hydrogen) atoms. The molecule has 3 heterocycles. The van der Waals surface area contributed by atoms with Gasteiger partial charge in [-0.2, -0.15) is 13.2 Å². The average molecular weight is 392 g/mol. The zero-order valence-corrected chi connectivity index (χ0v) is 15.1. The Balaban J connectivity index is 1.89. The minimum Gasteiger partial charge on any atom is -0.494 e.